The predicted octanol–water partition coefficient (Wildman–Crippen LogP) is 2.84. The molecule has 16 heavy (non-hydrogen) atoms. The summed E-state index contributed by atoms with van der Waals surface area (Å²) < 4.78 is 13.3. The number of hydrogen-bond donors (Lipinski definition) is 1. The fourth-order valence-corrected chi connectivity index (χ4v) is 2.14. The molecule has 4 heteroatoms. The van der Waals surface area contributed by atoms with Gasteiger partial charge in [0.15, 0.2) is 0 Å². The Kier molecular flexibility index (Phi) is 3.08. The SMILES string of the molecule is O=C(O)N1CC[C@@H](F)C[C@H]1c1ccccc1. The van der Waals surface area contributed by atoms with Gasteiger partial charge in [-0.25, -0.2) is 9.18 Å². The highest BCUT2D eigenvalue weighted by Gasteiger charge is 2.32. The number of benzene rings is 1. The Morgan fingerprint density at radius 2 is 2.06 bits per heavy atom. The molecule has 1 aromatic rings. The third kappa shape index (κ3) is 2.15. The summed E-state index contributed by atoms with van der Waals surface area (Å²) in [5.74, 6) is 0. The van der Waals surface area contributed by atoms with Crippen LogP contribution in [0.5, 0.6) is 0 Å². The molecule has 1 fully saturated rings. The van der Waals surface area contributed by atoms with Crippen LogP contribution in [0.25, 0.3) is 0 Å². The number of nitrogens with zero attached hydrogens (tertiary/aromatic N) is 1. The van der Waals surface area contributed by atoms with Gasteiger partial charge in [0.2, 0.25) is 0 Å². The van der Waals surface area contributed by atoms with Crippen LogP contribution in [0.2, 0.25) is 0 Å². The summed E-state index contributed by atoms with van der Waals surface area (Å²) in [6.07, 6.45) is -1.31. The van der Waals surface area contributed by atoms with Crippen LogP contribution in [0, 0.1) is 0 Å². The fraction of sp³-hybridized carbons (Fsp3) is 0.417. The Balaban J connectivity index is 2.24. The molecule has 86 valence electrons. The van der Waals surface area contributed by atoms with Crippen LogP contribution in [-0.4, -0.2) is 28.8 Å². The normalized spacial score (nSPS) is 25.4. The van der Waals surface area contributed by atoms with E-state index in [0.717, 1.165) is 5.56 Å². The Morgan fingerprint density at radius 1 is 1.38 bits per heavy atom. The van der Waals surface area contributed by atoms with E-state index < -0.39 is 12.3 Å². The van der Waals surface area contributed by atoms with E-state index in [2.05, 4.69) is 0 Å². The largest absolute Gasteiger partial charge is 0.465 e. The lowest BCUT2D eigenvalue weighted by Crippen LogP contribution is -2.40. The zero-order chi connectivity index (χ0) is 11.5. The van der Waals surface area contributed by atoms with Gasteiger partial charge in [-0.05, 0) is 12.0 Å². The standard InChI is InChI=1S/C12H14FNO2/c13-10-6-7-14(12(15)16)11(8-10)9-4-2-1-3-5-9/h1-5,10-11H,6-8H2,(H,15,16)/t10-,11+/m1/s1. The van der Waals surface area contributed by atoms with Crippen LogP contribution in [0.15, 0.2) is 30.3 Å². The minimum absolute atomic E-state index is 0.260. The van der Waals surface area contributed by atoms with Crippen molar-refractivity contribution in [3.05, 3.63) is 35.9 Å². The average molecular weight is 223 g/mol. The molecule has 2 atom stereocenters. The first-order valence-corrected chi connectivity index (χ1v) is 5.37. The minimum atomic E-state index is -0.972. The molecule has 0 aliphatic carbocycles. The van der Waals surface area contributed by atoms with E-state index in [1.165, 1.54) is 4.90 Å². The molecule has 0 bridgehead atoms. The third-order valence-electron chi connectivity index (χ3n) is 2.97. The first-order chi connectivity index (χ1) is 7.68. The number of likely N-dealkylation sites (tertiary alicyclic amines) is 1. The van der Waals surface area contributed by atoms with E-state index in [-0.39, 0.29) is 19.0 Å². The van der Waals surface area contributed by atoms with Gasteiger partial charge in [0.25, 0.3) is 0 Å². The Bertz CT molecular complexity index is 369. The lowest BCUT2D eigenvalue weighted by Gasteiger charge is -2.35. The lowest BCUT2D eigenvalue weighted by atomic mass is 9.94. The predicted molar refractivity (Wildman–Crippen MR) is 58.0 cm³/mol. The molecular weight excluding hydrogens is 209 g/mol. The van der Waals surface area contributed by atoms with Crippen molar-refractivity contribution < 1.29 is 14.3 Å². The van der Waals surface area contributed by atoms with Crippen LogP contribution in [0.4, 0.5) is 9.18 Å². The molecule has 1 N–H and O–H groups in total. The summed E-state index contributed by atoms with van der Waals surface area (Å²) in [4.78, 5) is 12.4. The number of carboxylic acid groups (broad SMARTS) is 1. The van der Waals surface area contributed by atoms with E-state index in [1.54, 1.807) is 0 Å². The van der Waals surface area contributed by atoms with Gasteiger partial charge in [-0.1, -0.05) is 30.3 Å². The summed E-state index contributed by atoms with van der Waals surface area (Å²) in [7, 11) is 0. The maximum Gasteiger partial charge on any atom is 0.407 e. The van der Waals surface area contributed by atoms with Crippen molar-refractivity contribution in [2.75, 3.05) is 6.54 Å². The molecule has 1 aliphatic heterocycles. The lowest BCUT2D eigenvalue weighted by molar-refractivity contribution is 0.0780. The summed E-state index contributed by atoms with van der Waals surface area (Å²) in [6, 6.07) is 8.90. The molecular formula is C12H14FNO2. The van der Waals surface area contributed by atoms with Crippen molar-refractivity contribution in [3.8, 4) is 0 Å². The molecule has 0 aromatic heterocycles. The van der Waals surface area contributed by atoms with E-state index in [4.69, 9.17) is 5.11 Å². The Labute approximate surface area is 93.5 Å². The van der Waals surface area contributed by atoms with Crippen molar-refractivity contribution in [2.24, 2.45) is 0 Å². The van der Waals surface area contributed by atoms with Crippen LogP contribution in [-0.2, 0) is 0 Å². The number of alkyl halides is 1. The molecule has 1 saturated heterocycles. The second kappa shape index (κ2) is 4.51. The Hall–Kier alpha value is -1.58. The van der Waals surface area contributed by atoms with Crippen molar-refractivity contribution in [3.63, 3.8) is 0 Å². The van der Waals surface area contributed by atoms with E-state index in [9.17, 15) is 9.18 Å². The van der Waals surface area contributed by atoms with Crippen LogP contribution in [0.3, 0.4) is 0 Å². The maximum atomic E-state index is 13.3. The summed E-state index contributed by atoms with van der Waals surface area (Å²) in [5.41, 5.74) is 0.868. The number of hydrogen-bond acceptors (Lipinski definition) is 1. The molecule has 3 nitrogen and oxygen atoms in total. The maximum absolute atomic E-state index is 13.3. The average Bonchev–Trinajstić information content (AvgIpc) is 2.29. The van der Waals surface area contributed by atoms with Gasteiger partial charge in [0, 0.05) is 13.0 Å². The van der Waals surface area contributed by atoms with Gasteiger partial charge in [0.05, 0.1) is 6.04 Å². The van der Waals surface area contributed by atoms with Crippen LogP contribution < -0.4 is 0 Å². The molecule has 0 saturated carbocycles. The highest BCUT2D eigenvalue weighted by molar-refractivity contribution is 5.66. The smallest absolute Gasteiger partial charge is 0.407 e. The molecule has 0 radical (unpaired) electrons. The van der Waals surface area contributed by atoms with E-state index in [1.807, 2.05) is 30.3 Å². The first kappa shape index (κ1) is 10.9. The van der Waals surface area contributed by atoms with Gasteiger partial charge in [0.1, 0.15) is 6.17 Å². The molecule has 1 amide bonds. The van der Waals surface area contributed by atoms with Crippen LogP contribution >= 0.6 is 0 Å². The summed E-state index contributed by atoms with van der Waals surface area (Å²) in [6.45, 7) is 0.274. The highest BCUT2D eigenvalue weighted by atomic mass is 19.1. The Morgan fingerprint density at radius 3 is 2.69 bits per heavy atom. The topological polar surface area (TPSA) is 40.5 Å². The fourth-order valence-electron chi connectivity index (χ4n) is 2.14. The summed E-state index contributed by atoms with van der Waals surface area (Å²) >= 11 is 0. The van der Waals surface area contributed by atoms with Gasteiger partial charge in [-0.3, -0.25) is 0 Å². The first-order valence-electron chi connectivity index (χ1n) is 5.37. The number of rotatable bonds is 1. The van der Waals surface area contributed by atoms with Gasteiger partial charge < -0.3 is 10.0 Å². The molecule has 1 aromatic carbocycles. The van der Waals surface area contributed by atoms with Crippen LogP contribution in [0.1, 0.15) is 24.4 Å². The quantitative estimate of drug-likeness (QED) is 0.795. The zero-order valence-electron chi connectivity index (χ0n) is 8.84. The number of amides is 1. The molecule has 1 heterocycles. The second-order valence-corrected chi connectivity index (χ2v) is 4.02. The number of halogens is 1. The molecule has 0 spiro atoms. The monoisotopic (exact) mass is 223 g/mol. The van der Waals surface area contributed by atoms with Gasteiger partial charge in [-0.2, -0.15) is 0 Å². The van der Waals surface area contributed by atoms with E-state index in [0.29, 0.717) is 6.42 Å². The number of piperidine rings is 1. The van der Waals surface area contributed by atoms with Crippen molar-refractivity contribution in [2.45, 2.75) is 25.1 Å². The highest BCUT2D eigenvalue weighted by Crippen LogP contribution is 2.32. The van der Waals surface area contributed by atoms with E-state index >= 15 is 0 Å². The zero-order valence-corrected chi connectivity index (χ0v) is 8.84. The van der Waals surface area contributed by atoms with Gasteiger partial charge in [-0.15, -0.1) is 0 Å². The summed E-state index contributed by atoms with van der Waals surface area (Å²) in [5, 5.41) is 9.06. The molecule has 1 aliphatic rings. The van der Waals surface area contributed by atoms with Crippen molar-refractivity contribution in [1.82, 2.24) is 4.90 Å². The molecule has 2 rings (SSSR count). The number of carbonyl (C=O) groups is 1. The third-order valence-corrected chi connectivity index (χ3v) is 2.97. The molecule has 0 unspecified atom stereocenters. The van der Waals surface area contributed by atoms with Crippen molar-refractivity contribution in [1.29, 1.82) is 0 Å². The second-order valence-electron chi connectivity index (χ2n) is 4.02. The van der Waals surface area contributed by atoms with Gasteiger partial charge >= 0.3 is 6.09 Å². The van der Waals surface area contributed by atoms with Crippen molar-refractivity contribution >= 4 is 6.09 Å². The minimum Gasteiger partial charge on any atom is -0.465 e.